The standard InChI is InChI=1S/C12H21N3O3/c1-12(17,4-5-18-3)8-14-11(16)10-6-9(13)7-15(10)2/h6-7,17H,4-5,8,13H2,1-3H3,(H,14,16). The van der Waals surface area contributed by atoms with Crippen LogP contribution < -0.4 is 11.1 Å². The molecule has 1 atom stereocenters. The molecule has 0 radical (unpaired) electrons. The first kappa shape index (κ1) is 14.5. The molecule has 1 rings (SSSR count). The van der Waals surface area contributed by atoms with Crippen molar-refractivity contribution in [3.05, 3.63) is 18.0 Å². The van der Waals surface area contributed by atoms with E-state index < -0.39 is 5.60 Å². The fraction of sp³-hybridized carbons (Fsp3) is 0.583. The number of rotatable bonds is 6. The molecule has 4 N–H and O–H groups in total. The van der Waals surface area contributed by atoms with Crippen molar-refractivity contribution in [2.75, 3.05) is 26.0 Å². The molecule has 6 nitrogen and oxygen atoms in total. The number of hydrogen-bond acceptors (Lipinski definition) is 4. The highest BCUT2D eigenvalue weighted by molar-refractivity contribution is 5.93. The van der Waals surface area contributed by atoms with Crippen LogP contribution in [0.25, 0.3) is 0 Å². The highest BCUT2D eigenvalue weighted by atomic mass is 16.5. The van der Waals surface area contributed by atoms with Gasteiger partial charge in [0.2, 0.25) is 0 Å². The molecule has 1 heterocycles. The molecule has 18 heavy (non-hydrogen) atoms. The zero-order chi connectivity index (χ0) is 13.8. The number of anilines is 1. The van der Waals surface area contributed by atoms with E-state index in [1.54, 1.807) is 37.9 Å². The molecule has 1 amide bonds. The summed E-state index contributed by atoms with van der Waals surface area (Å²) in [7, 11) is 3.32. The molecule has 0 aromatic carbocycles. The maximum atomic E-state index is 11.9. The lowest BCUT2D eigenvalue weighted by Gasteiger charge is -2.23. The van der Waals surface area contributed by atoms with E-state index in [2.05, 4.69) is 5.32 Å². The van der Waals surface area contributed by atoms with Gasteiger partial charge in [0, 0.05) is 39.9 Å². The van der Waals surface area contributed by atoms with Crippen LogP contribution in [-0.4, -0.2) is 41.4 Å². The minimum atomic E-state index is -0.984. The van der Waals surface area contributed by atoms with Crippen LogP contribution in [0, 0.1) is 0 Å². The molecule has 0 aliphatic heterocycles. The SMILES string of the molecule is COCCC(C)(O)CNC(=O)c1cc(N)cn1C. The van der Waals surface area contributed by atoms with E-state index in [-0.39, 0.29) is 12.5 Å². The quantitative estimate of drug-likeness (QED) is 0.673. The van der Waals surface area contributed by atoms with Gasteiger partial charge in [-0.05, 0) is 13.0 Å². The first-order chi connectivity index (χ1) is 8.35. The van der Waals surface area contributed by atoms with E-state index in [9.17, 15) is 9.90 Å². The molecular weight excluding hydrogens is 234 g/mol. The summed E-state index contributed by atoms with van der Waals surface area (Å²) in [6.07, 6.45) is 2.12. The van der Waals surface area contributed by atoms with E-state index in [0.717, 1.165) is 0 Å². The van der Waals surface area contributed by atoms with Crippen molar-refractivity contribution in [3.63, 3.8) is 0 Å². The second-order valence-electron chi connectivity index (χ2n) is 4.69. The van der Waals surface area contributed by atoms with Gasteiger partial charge in [0.05, 0.1) is 11.3 Å². The van der Waals surface area contributed by atoms with Crippen LogP contribution in [0.5, 0.6) is 0 Å². The minimum Gasteiger partial charge on any atom is -0.397 e. The number of nitrogens with zero attached hydrogens (tertiary/aromatic N) is 1. The number of carbonyl (C=O) groups is 1. The second-order valence-corrected chi connectivity index (χ2v) is 4.69. The molecule has 0 saturated carbocycles. The Kier molecular flexibility index (Phi) is 4.75. The first-order valence-electron chi connectivity index (χ1n) is 5.77. The van der Waals surface area contributed by atoms with Gasteiger partial charge >= 0.3 is 0 Å². The number of ether oxygens (including phenoxy) is 1. The Morgan fingerprint density at radius 2 is 2.33 bits per heavy atom. The summed E-state index contributed by atoms with van der Waals surface area (Å²) in [5, 5.41) is 12.7. The summed E-state index contributed by atoms with van der Waals surface area (Å²) in [4.78, 5) is 11.9. The molecule has 1 unspecified atom stereocenters. The van der Waals surface area contributed by atoms with E-state index >= 15 is 0 Å². The Bertz CT molecular complexity index is 413. The lowest BCUT2D eigenvalue weighted by molar-refractivity contribution is 0.0242. The van der Waals surface area contributed by atoms with Crippen molar-refractivity contribution in [1.82, 2.24) is 9.88 Å². The first-order valence-corrected chi connectivity index (χ1v) is 5.77. The number of nitrogens with one attached hydrogen (secondary N) is 1. The van der Waals surface area contributed by atoms with Crippen molar-refractivity contribution in [2.24, 2.45) is 7.05 Å². The fourth-order valence-electron chi connectivity index (χ4n) is 1.59. The normalized spacial score (nSPS) is 14.2. The topological polar surface area (TPSA) is 89.5 Å². The predicted octanol–water partition coefficient (Wildman–Crippen LogP) is 0.125. The van der Waals surface area contributed by atoms with E-state index in [4.69, 9.17) is 10.5 Å². The molecule has 1 aromatic heterocycles. The lowest BCUT2D eigenvalue weighted by atomic mass is 10.0. The Balaban J connectivity index is 2.53. The summed E-state index contributed by atoms with van der Waals surface area (Å²) in [5.74, 6) is -0.258. The molecule has 1 aromatic rings. The van der Waals surface area contributed by atoms with Crippen molar-refractivity contribution in [1.29, 1.82) is 0 Å². The number of aryl methyl sites for hydroxylation is 1. The third kappa shape index (κ3) is 4.05. The van der Waals surface area contributed by atoms with Gasteiger partial charge in [-0.1, -0.05) is 0 Å². The van der Waals surface area contributed by atoms with Crippen molar-refractivity contribution >= 4 is 11.6 Å². The summed E-state index contributed by atoms with van der Waals surface area (Å²) in [6.45, 7) is 2.27. The number of aliphatic hydroxyl groups is 1. The van der Waals surface area contributed by atoms with Gasteiger partial charge in [0.1, 0.15) is 5.69 Å². The van der Waals surface area contributed by atoms with Crippen LogP contribution in [0.3, 0.4) is 0 Å². The number of nitrogen functional groups attached to an aromatic ring is 1. The van der Waals surface area contributed by atoms with E-state index in [1.165, 1.54) is 0 Å². The van der Waals surface area contributed by atoms with E-state index in [0.29, 0.717) is 24.4 Å². The number of aromatic nitrogens is 1. The Labute approximate surface area is 107 Å². The van der Waals surface area contributed by atoms with Crippen molar-refractivity contribution in [2.45, 2.75) is 18.9 Å². The van der Waals surface area contributed by atoms with Gasteiger partial charge in [-0.2, -0.15) is 0 Å². The van der Waals surface area contributed by atoms with Crippen LogP contribution in [0.2, 0.25) is 0 Å². The Hall–Kier alpha value is -1.53. The smallest absolute Gasteiger partial charge is 0.268 e. The summed E-state index contributed by atoms with van der Waals surface area (Å²) in [6, 6.07) is 1.60. The Morgan fingerprint density at radius 1 is 1.67 bits per heavy atom. The molecule has 102 valence electrons. The van der Waals surface area contributed by atoms with Crippen LogP contribution in [0.1, 0.15) is 23.8 Å². The number of methoxy groups -OCH3 is 1. The van der Waals surface area contributed by atoms with Gasteiger partial charge in [0.15, 0.2) is 0 Å². The number of amides is 1. The van der Waals surface area contributed by atoms with Gasteiger partial charge in [-0.25, -0.2) is 0 Å². The highest BCUT2D eigenvalue weighted by Gasteiger charge is 2.21. The number of nitrogens with two attached hydrogens (primary N) is 1. The molecule has 0 saturated heterocycles. The predicted molar refractivity (Wildman–Crippen MR) is 69.3 cm³/mol. The van der Waals surface area contributed by atoms with Crippen LogP contribution in [0.15, 0.2) is 12.3 Å². The van der Waals surface area contributed by atoms with Gasteiger partial charge < -0.3 is 25.5 Å². The lowest BCUT2D eigenvalue weighted by Crippen LogP contribution is -2.41. The third-order valence-corrected chi connectivity index (χ3v) is 2.73. The number of carbonyl (C=O) groups excluding carboxylic acids is 1. The van der Waals surface area contributed by atoms with Crippen molar-refractivity contribution < 1.29 is 14.6 Å². The van der Waals surface area contributed by atoms with Gasteiger partial charge in [0.25, 0.3) is 5.91 Å². The summed E-state index contributed by atoms with van der Waals surface area (Å²) in [5.41, 5.74) is 5.62. The molecule has 0 aliphatic rings. The summed E-state index contributed by atoms with van der Waals surface area (Å²) < 4.78 is 6.55. The number of hydrogen-bond donors (Lipinski definition) is 3. The average Bonchev–Trinajstić information content (AvgIpc) is 2.63. The second kappa shape index (κ2) is 5.88. The fourth-order valence-corrected chi connectivity index (χ4v) is 1.59. The maximum absolute atomic E-state index is 11.9. The molecule has 0 bridgehead atoms. The Morgan fingerprint density at radius 3 is 2.83 bits per heavy atom. The van der Waals surface area contributed by atoms with Crippen LogP contribution in [-0.2, 0) is 11.8 Å². The van der Waals surface area contributed by atoms with Crippen molar-refractivity contribution in [3.8, 4) is 0 Å². The van der Waals surface area contributed by atoms with Gasteiger partial charge in [-0.3, -0.25) is 4.79 Å². The van der Waals surface area contributed by atoms with Crippen LogP contribution in [0.4, 0.5) is 5.69 Å². The minimum absolute atomic E-state index is 0.167. The summed E-state index contributed by atoms with van der Waals surface area (Å²) >= 11 is 0. The highest BCUT2D eigenvalue weighted by Crippen LogP contribution is 2.10. The molecule has 0 fully saturated rings. The van der Waals surface area contributed by atoms with Gasteiger partial charge in [-0.15, -0.1) is 0 Å². The largest absolute Gasteiger partial charge is 0.397 e. The molecular formula is C12H21N3O3. The van der Waals surface area contributed by atoms with Crippen LogP contribution >= 0.6 is 0 Å². The average molecular weight is 255 g/mol. The molecule has 0 spiro atoms. The zero-order valence-electron chi connectivity index (χ0n) is 11.1. The van der Waals surface area contributed by atoms with E-state index in [1.807, 2.05) is 0 Å². The zero-order valence-corrected chi connectivity index (χ0v) is 11.1. The molecule has 6 heteroatoms. The monoisotopic (exact) mass is 255 g/mol. The maximum Gasteiger partial charge on any atom is 0.268 e. The third-order valence-electron chi connectivity index (χ3n) is 2.73. The molecule has 0 aliphatic carbocycles.